The van der Waals surface area contributed by atoms with E-state index in [1.54, 1.807) is 12.1 Å². The quantitative estimate of drug-likeness (QED) is 0.685. The average molecular weight is 343 g/mol. The molecule has 1 aromatic carbocycles. The maximum Gasteiger partial charge on any atom is 0.194 e. The second-order valence-electron chi connectivity index (χ2n) is 6.59. The van der Waals surface area contributed by atoms with E-state index in [-0.39, 0.29) is 5.82 Å². The molecule has 25 heavy (non-hydrogen) atoms. The molecule has 0 radical (unpaired) electrons. The molecule has 1 saturated heterocycles. The maximum atomic E-state index is 13.0. The fraction of sp³-hybridized carbons (Fsp3) is 0.474. The molecule has 134 valence electrons. The predicted octanol–water partition coefficient (Wildman–Crippen LogP) is 3.07. The molecule has 0 saturated carbocycles. The summed E-state index contributed by atoms with van der Waals surface area (Å²) in [5.74, 6) is 1.31. The fourth-order valence-corrected chi connectivity index (χ4v) is 3.28. The first-order valence-corrected chi connectivity index (χ1v) is 8.92. The zero-order valence-electron chi connectivity index (χ0n) is 14.9. The molecule has 0 aliphatic carbocycles. The molecule has 1 aromatic heterocycles. The molecule has 0 bridgehead atoms. The standard InChI is InChI=1S/C19H26FN5/c1-3-22-19(23-12-16-4-6-17(20)7-5-16)24-10-8-15(2)18(13-24)25-11-9-21-14-25/h4-7,9,11,14-15,18H,3,8,10,12-13H2,1-2H3,(H,22,23). The summed E-state index contributed by atoms with van der Waals surface area (Å²) in [6.07, 6.45) is 6.88. The lowest BCUT2D eigenvalue weighted by Crippen LogP contribution is -2.49. The van der Waals surface area contributed by atoms with Gasteiger partial charge in [-0.3, -0.25) is 0 Å². The van der Waals surface area contributed by atoms with E-state index >= 15 is 0 Å². The zero-order valence-corrected chi connectivity index (χ0v) is 14.9. The molecular formula is C19H26FN5. The van der Waals surface area contributed by atoms with Crippen molar-refractivity contribution in [2.75, 3.05) is 19.6 Å². The van der Waals surface area contributed by atoms with Gasteiger partial charge < -0.3 is 14.8 Å². The Morgan fingerprint density at radius 2 is 2.16 bits per heavy atom. The van der Waals surface area contributed by atoms with E-state index in [2.05, 4.69) is 33.6 Å². The Balaban J connectivity index is 1.72. The van der Waals surface area contributed by atoms with Crippen molar-refractivity contribution in [1.29, 1.82) is 0 Å². The van der Waals surface area contributed by atoms with Gasteiger partial charge in [-0.1, -0.05) is 19.1 Å². The van der Waals surface area contributed by atoms with Gasteiger partial charge in [0.15, 0.2) is 5.96 Å². The summed E-state index contributed by atoms with van der Waals surface area (Å²) in [6, 6.07) is 6.93. The number of halogens is 1. The number of hydrogen-bond acceptors (Lipinski definition) is 2. The van der Waals surface area contributed by atoms with Crippen LogP contribution in [0.4, 0.5) is 4.39 Å². The highest BCUT2D eigenvalue weighted by molar-refractivity contribution is 5.80. The molecule has 0 spiro atoms. The molecule has 1 N–H and O–H groups in total. The summed E-state index contributed by atoms with van der Waals surface area (Å²) in [7, 11) is 0. The van der Waals surface area contributed by atoms with Gasteiger partial charge in [-0.15, -0.1) is 0 Å². The van der Waals surface area contributed by atoms with Gasteiger partial charge in [0, 0.05) is 32.0 Å². The number of imidazole rings is 1. The summed E-state index contributed by atoms with van der Waals surface area (Å²) in [4.78, 5) is 11.3. The molecule has 1 aliphatic rings. The molecule has 2 atom stereocenters. The molecule has 5 nitrogen and oxygen atoms in total. The van der Waals surface area contributed by atoms with Crippen LogP contribution in [0, 0.1) is 11.7 Å². The van der Waals surface area contributed by atoms with Crippen LogP contribution < -0.4 is 5.32 Å². The lowest BCUT2D eigenvalue weighted by molar-refractivity contribution is 0.189. The summed E-state index contributed by atoms with van der Waals surface area (Å²) in [6.45, 7) is 7.64. The van der Waals surface area contributed by atoms with Crippen LogP contribution in [-0.4, -0.2) is 40.0 Å². The van der Waals surface area contributed by atoms with Gasteiger partial charge in [0.25, 0.3) is 0 Å². The highest BCUT2D eigenvalue weighted by Gasteiger charge is 2.28. The van der Waals surface area contributed by atoms with Gasteiger partial charge in [0.1, 0.15) is 5.82 Å². The maximum absolute atomic E-state index is 13.0. The van der Waals surface area contributed by atoms with Crippen molar-refractivity contribution in [1.82, 2.24) is 19.8 Å². The number of piperidine rings is 1. The third-order valence-corrected chi connectivity index (χ3v) is 4.79. The van der Waals surface area contributed by atoms with Crippen molar-refractivity contribution < 1.29 is 4.39 Å². The molecule has 0 amide bonds. The third-order valence-electron chi connectivity index (χ3n) is 4.79. The van der Waals surface area contributed by atoms with E-state index in [0.29, 0.717) is 18.5 Å². The summed E-state index contributed by atoms with van der Waals surface area (Å²) < 4.78 is 15.2. The number of benzene rings is 1. The highest BCUT2D eigenvalue weighted by atomic mass is 19.1. The molecule has 6 heteroatoms. The molecular weight excluding hydrogens is 317 g/mol. The largest absolute Gasteiger partial charge is 0.357 e. The SMILES string of the molecule is CCNC(=NCc1ccc(F)cc1)N1CCC(C)C(n2ccnc2)C1. The zero-order chi connectivity index (χ0) is 17.6. The Labute approximate surface area is 148 Å². The molecule has 1 aliphatic heterocycles. The van der Waals surface area contributed by atoms with E-state index in [1.165, 1.54) is 12.1 Å². The smallest absolute Gasteiger partial charge is 0.194 e. The van der Waals surface area contributed by atoms with Crippen molar-refractivity contribution in [3.8, 4) is 0 Å². The number of aliphatic imine (C=N–C) groups is 1. The van der Waals surface area contributed by atoms with Crippen LogP contribution in [0.25, 0.3) is 0 Å². The van der Waals surface area contributed by atoms with Gasteiger partial charge in [0.05, 0.1) is 18.9 Å². The fourth-order valence-electron chi connectivity index (χ4n) is 3.28. The Kier molecular flexibility index (Phi) is 5.68. The van der Waals surface area contributed by atoms with Gasteiger partial charge in [-0.25, -0.2) is 14.4 Å². The topological polar surface area (TPSA) is 45.5 Å². The molecule has 2 aromatic rings. The minimum absolute atomic E-state index is 0.215. The second-order valence-corrected chi connectivity index (χ2v) is 6.59. The van der Waals surface area contributed by atoms with Gasteiger partial charge in [0.2, 0.25) is 0 Å². The van der Waals surface area contributed by atoms with Crippen LogP contribution in [0.3, 0.4) is 0 Å². The Bertz CT molecular complexity index is 680. The Morgan fingerprint density at radius 1 is 1.36 bits per heavy atom. The van der Waals surface area contributed by atoms with Crippen molar-refractivity contribution in [2.24, 2.45) is 10.9 Å². The molecule has 1 fully saturated rings. The van der Waals surface area contributed by atoms with E-state index in [4.69, 9.17) is 4.99 Å². The summed E-state index contributed by atoms with van der Waals surface area (Å²) >= 11 is 0. The average Bonchev–Trinajstić information content (AvgIpc) is 3.15. The van der Waals surface area contributed by atoms with Crippen molar-refractivity contribution in [3.63, 3.8) is 0 Å². The van der Waals surface area contributed by atoms with Crippen LogP contribution in [0.5, 0.6) is 0 Å². The van der Waals surface area contributed by atoms with Gasteiger partial charge in [-0.05, 0) is 37.0 Å². The van der Waals surface area contributed by atoms with E-state index in [1.807, 2.05) is 18.7 Å². The van der Waals surface area contributed by atoms with Crippen LogP contribution in [-0.2, 0) is 6.54 Å². The number of likely N-dealkylation sites (tertiary alicyclic amines) is 1. The number of hydrogen-bond donors (Lipinski definition) is 1. The van der Waals surface area contributed by atoms with Crippen LogP contribution in [0.15, 0.2) is 48.0 Å². The predicted molar refractivity (Wildman–Crippen MR) is 97.8 cm³/mol. The third kappa shape index (κ3) is 4.38. The summed E-state index contributed by atoms with van der Waals surface area (Å²) in [5, 5.41) is 3.39. The number of rotatable bonds is 4. The number of guanidine groups is 1. The number of nitrogens with zero attached hydrogens (tertiary/aromatic N) is 4. The van der Waals surface area contributed by atoms with Crippen LogP contribution in [0.1, 0.15) is 31.9 Å². The normalized spacial score (nSPS) is 21.4. The number of aromatic nitrogens is 2. The molecule has 3 rings (SSSR count). The van der Waals surface area contributed by atoms with E-state index in [0.717, 1.165) is 37.6 Å². The minimum atomic E-state index is -0.215. The first-order chi connectivity index (χ1) is 12.2. The van der Waals surface area contributed by atoms with Gasteiger partial charge in [-0.2, -0.15) is 0 Å². The second kappa shape index (κ2) is 8.14. The van der Waals surface area contributed by atoms with Crippen molar-refractivity contribution >= 4 is 5.96 Å². The lowest BCUT2D eigenvalue weighted by Gasteiger charge is -2.39. The van der Waals surface area contributed by atoms with E-state index in [9.17, 15) is 4.39 Å². The van der Waals surface area contributed by atoms with Crippen molar-refractivity contribution in [2.45, 2.75) is 32.9 Å². The van der Waals surface area contributed by atoms with Gasteiger partial charge >= 0.3 is 0 Å². The first-order valence-electron chi connectivity index (χ1n) is 8.92. The van der Waals surface area contributed by atoms with E-state index < -0.39 is 0 Å². The highest BCUT2D eigenvalue weighted by Crippen LogP contribution is 2.27. The Hall–Kier alpha value is -2.37. The Morgan fingerprint density at radius 3 is 2.84 bits per heavy atom. The first kappa shape index (κ1) is 17.5. The van der Waals surface area contributed by atoms with Crippen LogP contribution in [0.2, 0.25) is 0 Å². The number of nitrogens with one attached hydrogen (secondary N) is 1. The molecule has 2 unspecified atom stereocenters. The monoisotopic (exact) mass is 343 g/mol. The lowest BCUT2D eigenvalue weighted by atomic mass is 9.93. The van der Waals surface area contributed by atoms with Crippen molar-refractivity contribution in [3.05, 3.63) is 54.4 Å². The molecule has 2 heterocycles. The van der Waals surface area contributed by atoms with Crippen LogP contribution >= 0.6 is 0 Å². The minimum Gasteiger partial charge on any atom is -0.357 e. The summed E-state index contributed by atoms with van der Waals surface area (Å²) in [5.41, 5.74) is 1.01.